The molecular weight excluding hydrogens is 314 g/mol. The van der Waals surface area contributed by atoms with Crippen LogP contribution in [0.15, 0.2) is 35.3 Å². The van der Waals surface area contributed by atoms with Gasteiger partial charge < -0.3 is 4.98 Å². The van der Waals surface area contributed by atoms with E-state index >= 15 is 0 Å². The van der Waals surface area contributed by atoms with Crippen molar-refractivity contribution in [2.45, 2.75) is 39.0 Å². The van der Waals surface area contributed by atoms with Crippen LogP contribution in [-0.4, -0.2) is 9.97 Å². The molecule has 1 fully saturated rings. The molecule has 2 heterocycles. The highest BCUT2D eigenvalue weighted by Crippen LogP contribution is 2.36. The van der Waals surface area contributed by atoms with Crippen LogP contribution >= 0.6 is 11.3 Å². The van der Waals surface area contributed by atoms with Gasteiger partial charge in [-0.15, -0.1) is 11.3 Å². The molecule has 1 aliphatic carbocycles. The molecule has 1 saturated carbocycles. The largest absolute Gasteiger partial charge is 0.360 e. The van der Waals surface area contributed by atoms with E-state index in [1.807, 2.05) is 6.20 Å². The van der Waals surface area contributed by atoms with Gasteiger partial charge in [-0.3, -0.25) is 0 Å². The summed E-state index contributed by atoms with van der Waals surface area (Å²) in [5, 5.41) is 13.7. The molecule has 0 amide bonds. The number of para-hydroxylation sites is 1. The Morgan fingerprint density at radius 2 is 2.17 bits per heavy atom. The highest BCUT2D eigenvalue weighted by Gasteiger charge is 2.18. The van der Waals surface area contributed by atoms with Gasteiger partial charge in [-0.05, 0) is 43.2 Å². The molecule has 0 spiro atoms. The second-order valence-electron chi connectivity index (χ2n) is 6.23. The highest BCUT2D eigenvalue weighted by molar-refractivity contribution is 7.11. The summed E-state index contributed by atoms with van der Waals surface area (Å²) in [5.74, 6) is 0. The van der Waals surface area contributed by atoms with Crippen LogP contribution in [0.3, 0.4) is 0 Å². The third-order valence-electron chi connectivity index (χ3n) is 4.85. The molecule has 0 aliphatic heterocycles. The van der Waals surface area contributed by atoms with Crippen molar-refractivity contribution in [3.8, 4) is 17.3 Å². The van der Waals surface area contributed by atoms with E-state index in [1.165, 1.54) is 34.9 Å². The maximum atomic E-state index is 9.57. The number of aromatic nitrogens is 2. The first kappa shape index (κ1) is 15.2. The Morgan fingerprint density at radius 1 is 1.33 bits per heavy atom. The number of benzene rings is 1. The van der Waals surface area contributed by atoms with E-state index in [4.69, 9.17) is 4.98 Å². The van der Waals surface area contributed by atoms with Gasteiger partial charge in [0, 0.05) is 28.0 Å². The third-order valence-corrected chi connectivity index (χ3v) is 5.71. The molecule has 2 aromatic heterocycles. The fourth-order valence-electron chi connectivity index (χ4n) is 3.57. The predicted octanol–water partition coefficient (Wildman–Crippen LogP) is 5.70. The fraction of sp³-hybridized carbons (Fsp3) is 0.300. The molecule has 120 valence electrons. The average Bonchev–Trinajstić information content (AvgIpc) is 3.35. The van der Waals surface area contributed by atoms with Crippen molar-refractivity contribution >= 4 is 27.8 Å². The summed E-state index contributed by atoms with van der Waals surface area (Å²) < 4.78 is 0. The van der Waals surface area contributed by atoms with Gasteiger partial charge in [-0.2, -0.15) is 5.26 Å². The molecule has 0 unspecified atom stereocenters. The van der Waals surface area contributed by atoms with Crippen molar-refractivity contribution in [1.29, 1.82) is 5.26 Å². The molecule has 1 aromatic carbocycles. The summed E-state index contributed by atoms with van der Waals surface area (Å²) in [6.07, 6.45) is 7.53. The van der Waals surface area contributed by atoms with E-state index in [1.54, 1.807) is 11.3 Å². The molecule has 1 aliphatic rings. The van der Waals surface area contributed by atoms with Crippen LogP contribution in [0.5, 0.6) is 0 Å². The van der Waals surface area contributed by atoms with Gasteiger partial charge in [0.05, 0.1) is 11.3 Å². The number of H-pyrrole nitrogens is 1. The lowest BCUT2D eigenvalue weighted by atomic mass is 10.1. The number of nitrogens with one attached hydrogen (secondary N) is 1. The smallest absolute Gasteiger partial charge is 0.134 e. The second-order valence-corrected chi connectivity index (χ2v) is 7.09. The number of hydrogen-bond donors (Lipinski definition) is 1. The zero-order valence-electron chi connectivity index (χ0n) is 13.7. The number of nitrogens with zero attached hydrogens (tertiary/aromatic N) is 2. The number of hydrogen-bond acceptors (Lipinski definition) is 3. The van der Waals surface area contributed by atoms with Gasteiger partial charge in [-0.1, -0.05) is 25.1 Å². The van der Waals surface area contributed by atoms with Crippen molar-refractivity contribution in [3.63, 3.8) is 0 Å². The van der Waals surface area contributed by atoms with Crippen LogP contribution in [-0.2, 0) is 6.42 Å². The summed E-state index contributed by atoms with van der Waals surface area (Å²) in [6.45, 7) is 2.17. The number of fused-ring (bicyclic) bond motifs is 1. The lowest BCUT2D eigenvalue weighted by Gasteiger charge is -2.00. The normalized spacial score (nSPS) is 14.2. The van der Waals surface area contributed by atoms with Gasteiger partial charge in [0.25, 0.3) is 0 Å². The van der Waals surface area contributed by atoms with Crippen LogP contribution in [0.25, 0.3) is 27.7 Å². The summed E-state index contributed by atoms with van der Waals surface area (Å²) in [6, 6.07) is 8.80. The van der Waals surface area contributed by atoms with Crippen LogP contribution in [0.1, 0.15) is 43.2 Å². The zero-order valence-corrected chi connectivity index (χ0v) is 14.5. The molecular formula is C20H19N3S. The molecule has 3 nitrogen and oxygen atoms in total. The Balaban J connectivity index is 1.79. The summed E-state index contributed by atoms with van der Waals surface area (Å²) in [5.41, 5.74) is 6.68. The van der Waals surface area contributed by atoms with Crippen LogP contribution in [0, 0.1) is 11.3 Å². The van der Waals surface area contributed by atoms with Crippen molar-refractivity contribution < 1.29 is 0 Å². The Hall–Kier alpha value is -2.38. The Labute approximate surface area is 145 Å². The minimum absolute atomic E-state index is 0.804. The average molecular weight is 333 g/mol. The van der Waals surface area contributed by atoms with Crippen molar-refractivity contribution in [2.24, 2.45) is 0 Å². The number of nitriles is 1. The molecule has 1 N–H and O–H groups in total. The van der Waals surface area contributed by atoms with Gasteiger partial charge in [0.1, 0.15) is 11.1 Å². The third kappa shape index (κ3) is 2.46. The van der Waals surface area contributed by atoms with Crippen LogP contribution in [0.2, 0.25) is 0 Å². The van der Waals surface area contributed by atoms with Gasteiger partial charge >= 0.3 is 0 Å². The minimum Gasteiger partial charge on any atom is -0.360 e. The maximum Gasteiger partial charge on any atom is 0.134 e. The van der Waals surface area contributed by atoms with Crippen molar-refractivity contribution in [3.05, 3.63) is 45.9 Å². The SMILES string of the molecule is CCc1cccc2c(-c3csc(C(C#N)=C4CCCC4)n3)c[nH]c12. The molecule has 0 radical (unpaired) electrons. The Morgan fingerprint density at radius 3 is 2.92 bits per heavy atom. The zero-order chi connectivity index (χ0) is 16.5. The summed E-state index contributed by atoms with van der Waals surface area (Å²) in [4.78, 5) is 8.19. The number of aromatic amines is 1. The van der Waals surface area contributed by atoms with Crippen molar-refractivity contribution in [2.75, 3.05) is 0 Å². The van der Waals surface area contributed by atoms with E-state index in [2.05, 4.69) is 41.6 Å². The number of aryl methyl sites for hydroxylation is 1. The van der Waals surface area contributed by atoms with Crippen LogP contribution < -0.4 is 0 Å². The number of allylic oxidation sites excluding steroid dienone is 2. The molecule has 4 heteroatoms. The molecule has 4 rings (SSSR count). The first-order chi connectivity index (χ1) is 11.8. The first-order valence-corrected chi connectivity index (χ1v) is 9.37. The van der Waals surface area contributed by atoms with Gasteiger partial charge in [-0.25, -0.2) is 4.98 Å². The Kier molecular flexibility index (Phi) is 3.95. The van der Waals surface area contributed by atoms with E-state index in [-0.39, 0.29) is 0 Å². The molecule has 0 bridgehead atoms. The maximum absolute atomic E-state index is 9.57. The Bertz CT molecular complexity index is 960. The van der Waals surface area contributed by atoms with Gasteiger partial charge in [0.15, 0.2) is 0 Å². The quantitative estimate of drug-likeness (QED) is 0.625. The molecule has 0 atom stereocenters. The molecule has 0 saturated heterocycles. The monoisotopic (exact) mass is 333 g/mol. The standard InChI is InChI=1S/C20H19N3S/c1-2-13-8-5-9-15-17(11-22-19(13)15)18-12-24-20(23-18)16(10-21)14-6-3-4-7-14/h5,8-9,11-12,22H,2-4,6-7H2,1H3. The summed E-state index contributed by atoms with van der Waals surface area (Å²) in [7, 11) is 0. The number of thiazole rings is 1. The second kappa shape index (κ2) is 6.26. The lowest BCUT2D eigenvalue weighted by Crippen LogP contribution is -1.86. The summed E-state index contributed by atoms with van der Waals surface area (Å²) >= 11 is 1.58. The lowest BCUT2D eigenvalue weighted by molar-refractivity contribution is 0.886. The minimum atomic E-state index is 0.804. The fourth-order valence-corrected chi connectivity index (χ4v) is 4.43. The molecule has 3 aromatic rings. The van der Waals surface area contributed by atoms with Crippen LogP contribution in [0.4, 0.5) is 0 Å². The topological polar surface area (TPSA) is 52.5 Å². The van der Waals surface area contributed by atoms with E-state index in [9.17, 15) is 5.26 Å². The highest BCUT2D eigenvalue weighted by atomic mass is 32.1. The van der Waals surface area contributed by atoms with E-state index in [0.29, 0.717) is 0 Å². The number of rotatable bonds is 3. The van der Waals surface area contributed by atoms with E-state index in [0.717, 1.165) is 41.1 Å². The van der Waals surface area contributed by atoms with Gasteiger partial charge in [0.2, 0.25) is 0 Å². The van der Waals surface area contributed by atoms with E-state index < -0.39 is 0 Å². The molecule has 24 heavy (non-hydrogen) atoms. The first-order valence-electron chi connectivity index (χ1n) is 8.49. The van der Waals surface area contributed by atoms with Crippen molar-refractivity contribution in [1.82, 2.24) is 9.97 Å². The predicted molar refractivity (Wildman–Crippen MR) is 99.8 cm³/mol.